The quantitative estimate of drug-likeness (QED) is 0.807. The number of carbonyl (C=O) groups excluding carboxylic acids is 2. The Balaban J connectivity index is 1.91. The van der Waals surface area contributed by atoms with Gasteiger partial charge in [-0.2, -0.15) is 0 Å². The Kier molecular flexibility index (Phi) is 5.33. The van der Waals surface area contributed by atoms with E-state index in [2.05, 4.69) is 12.2 Å². The Morgan fingerprint density at radius 2 is 1.83 bits per heavy atom. The van der Waals surface area contributed by atoms with Crippen LogP contribution in [0.5, 0.6) is 5.75 Å². The molecule has 1 aliphatic heterocycles. The molecule has 0 aliphatic carbocycles. The number of amides is 2. The van der Waals surface area contributed by atoms with Gasteiger partial charge in [-0.05, 0) is 63.1 Å². The lowest BCUT2D eigenvalue weighted by Gasteiger charge is -2.41. The fourth-order valence-electron chi connectivity index (χ4n) is 3.22. The summed E-state index contributed by atoms with van der Waals surface area (Å²) in [7, 11) is 0. The summed E-state index contributed by atoms with van der Waals surface area (Å²) in [5.41, 5.74) is 0.969. The molecule has 1 atom stereocenters. The number of carboxylic acid groups (broad SMARTS) is 1. The first kappa shape index (κ1) is 20.4. The van der Waals surface area contributed by atoms with Gasteiger partial charge < -0.3 is 15.2 Å². The first-order valence-corrected chi connectivity index (χ1v) is 9.44. The highest BCUT2D eigenvalue weighted by Gasteiger charge is 2.44. The van der Waals surface area contributed by atoms with Crippen molar-refractivity contribution in [3.05, 3.63) is 53.6 Å². The second kappa shape index (κ2) is 7.58. The minimum absolute atomic E-state index is 0.0435. The number of ether oxygens (including phenoxy) is 1. The molecule has 0 saturated heterocycles. The van der Waals surface area contributed by atoms with Crippen LogP contribution in [0.25, 0.3) is 0 Å². The average Bonchev–Trinajstić information content (AvgIpc) is 2.68. The smallest absolute Gasteiger partial charge is 0.335 e. The lowest BCUT2D eigenvalue weighted by Crippen LogP contribution is -2.57. The summed E-state index contributed by atoms with van der Waals surface area (Å²) in [6, 6.07) is 10.9. The van der Waals surface area contributed by atoms with Gasteiger partial charge >= 0.3 is 5.97 Å². The van der Waals surface area contributed by atoms with E-state index >= 15 is 0 Å². The van der Waals surface area contributed by atoms with Crippen LogP contribution in [0.15, 0.2) is 42.5 Å². The van der Waals surface area contributed by atoms with E-state index in [1.807, 2.05) is 24.3 Å². The van der Waals surface area contributed by atoms with Crippen LogP contribution in [0.3, 0.4) is 0 Å². The van der Waals surface area contributed by atoms with Gasteiger partial charge in [0, 0.05) is 5.69 Å². The van der Waals surface area contributed by atoms with Crippen LogP contribution in [-0.4, -0.2) is 34.5 Å². The molecule has 2 amide bonds. The Labute approximate surface area is 169 Å². The molecule has 0 radical (unpaired) electrons. The second-order valence-corrected chi connectivity index (χ2v) is 7.49. The van der Waals surface area contributed by atoms with Crippen molar-refractivity contribution in [2.75, 3.05) is 10.2 Å². The zero-order chi connectivity index (χ0) is 21.3. The number of benzene rings is 2. The zero-order valence-corrected chi connectivity index (χ0v) is 16.9. The summed E-state index contributed by atoms with van der Waals surface area (Å²) in [4.78, 5) is 38.5. The molecular formula is C22H24N2O5. The van der Waals surface area contributed by atoms with Crippen LogP contribution in [0, 0.1) is 0 Å². The van der Waals surface area contributed by atoms with Gasteiger partial charge in [0.15, 0.2) is 5.60 Å². The average molecular weight is 396 g/mol. The van der Waals surface area contributed by atoms with E-state index in [0.29, 0.717) is 11.4 Å². The standard InChI is InChI=1S/C22H24N2O5/c1-5-14-6-9-16(10-7-14)23-19(25)13(2)24-17-11-8-15(20(26)27)12-18(17)29-22(3,4)21(24)28/h6-13H,5H2,1-4H3,(H,23,25)(H,26,27). The van der Waals surface area contributed by atoms with Crippen molar-refractivity contribution in [3.63, 3.8) is 0 Å². The molecule has 0 saturated carbocycles. The fourth-order valence-corrected chi connectivity index (χ4v) is 3.22. The largest absolute Gasteiger partial charge is 0.478 e. The molecule has 1 heterocycles. The molecule has 3 rings (SSSR count). The maximum absolute atomic E-state index is 13.0. The number of carboxylic acids is 1. The molecule has 2 N–H and O–H groups in total. The van der Waals surface area contributed by atoms with E-state index in [-0.39, 0.29) is 23.1 Å². The molecular weight excluding hydrogens is 372 g/mol. The third-order valence-electron chi connectivity index (χ3n) is 4.96. The number of carbonyl (C=O) groups is 3. The number of fused-ring (bicyclic) bond motifs is 1. The van der Waals surface area contributed by atoms with Crippen molar-refractivity contribution in [2.45, 2.75) is 45.8 Å². The van der Waals surface area contributed by atoms with Crippen LogP contribution in [-0.2, 0) is 16.0 Å². The van der Waals surface area contributed by atoms with Crippen LogP contribution in [0.4, 0.5) is 11.4 Å². The first-order chi connectivity index (χ1) is 13.6. The summed E-state index contributed by atoms with van der Waals surface area (Å²) < 4.78 is 5.74. The monoisotopic (exact) mass is 396 g/mol. The fraction of sp³-hybridized carbons (Fsp3) is 0.318. The van der Waals surface area contributed by atoms with Crippen molar-refractivity contribution in [2.24, 2.45) is 0 Å². The van der Waals surface area contributed by atoms with Gasteiger partial charge in [0.2, 0.25) is 5.91 Å². The Bertz CT molecular complexity index is 966. The number of aromatic carboxylic acids is 1. The van der Waals surface area contributed by atoms with E-state index in [4.69, 9.17) is 4.74 Å². The highest BCUT2D eigenvalue weighted by atomic mass is 16.5. The minimum Gasteiger partial charge on any atom is -0.478 e. The van der Waals surface area contributed by atoms with E-state index in [0.717, 1.165) is 12.0 Å². The van der Waals surface area contributed by atoms with Gasteiger partial charge in [-0.3, -0.25) is 14.5 Å². The van der Waals surface area contributed by atoms with Gasteiger partial charge in [-0.25, -0.2) is 4.79 Å². The van der Waals surface area contributed by atoms with Crippen LogP contribution in [0.1, 0.15) is 43.6 Å². The van der Waals surface area contributed by atoms with Crippen molar-refractivity contribution in [1.29, 1.82) is 0 Å². The SMILES string of the molecule is CCc1ccc(NC(=O)C(C)N2C(=O)C(C)(C)Oc3cc(C(=O)O)ccc32)cc1. The summed E-state index contributed by atoms with van der Waals surface area (Å²) in [5, 5.41) is 12.1. The molecule has 7 heteroatoms. The van der Waals surface area contributed by atoms with Crippen molar-refractivity contribution in [1.82, 2.24) is 0 Å². The van der Waals surface area contributed by atoms with Gasteiger partial charge in [0.05, 0.1) is 11.3 Å². The van der Waals surface area contributed by atoms with Gasteiger partial charge in [-0.1, -0.05) is 19.1 Å². The van der Waals surface area contributed by atoms with Crippen molar-refractivity contribution in [3.8, 4) is 5.75 Å². The normalized spacial score (nSPS) is 15.9. The predicted octanol–water partition coefficient (Wildman–Crippen LogP) is 3.48. The third-order valence-corrected chi connectivity index (χ3v) is 4.96. The van der Waals surface area contributed by atoms with E-state index in [1.165, 1.54) is 23.1 Å². The molecule has 1 unspecified atom stereocenters. The lowest BCUT2D eigenvalue weighted by molar-refractivity contribution is -0.134. The highest BCUT2D eigenvalue weighted by Crippen LogP contribution is 2.39. The first-order valence-electron chi connectivity index (χ1n) is 9.44. The second-order valence-electron chi connectivity index (χ2n) is 7.49. The molecule has 2 aromatic carbocycles. The van der Waals surface area contributed by atoms with E-state index in [9.17, 15) is 19.5 Å². The molecule has 0 fully saturated rings. The van der Waals surface area contributed by atoms with Crippen LogP contribution in [0.2, 0.25) is 0 Å². The number of anilines is 2. The summed E-state index contributed by atoms with van der Waals surface area (Å²) in [6.07, 6.45) is 0.900. The predicted molar refractivity (Wildman–Crippen MR) is 110 cm³/mol. The van der Waals surface area contributed by atoms with E-state index in [1.54, 1.807) is 20.8 Å². The minimum atomic E-state index is -1.23. The number of rotatable bonds is 5. The van der Waals surface area contributed by atoms with Crippen molar-refractivity contribution >= 4 is 29.2 Å². The summed E-state index contributed by atoms with van der Waals surface area (Å²) in [6.45, 7) is 6.86. The maximum atomic E-state index is 13.0. The van der Waals surface area contributed by atoms with Gasteiger partial charge in [-0.15, -0.1) is 0 Å². The maximum Gasteiger partial charge on any atom is 0.335 e. The van der Waals surface area contributed by atoms with E-state index < -0.39 is 17.6 Å². The molecule has 0 spiro atoms. The Morgan fingerprint density at radius 1 is 1.17 bits per heavy atom. The number of nitrogens with one attached hydrogen (secondary N) is 1. The summed E-state index contributed by atoms with van der Waals surface area (Å²) in [5.74, 6) is -1.58. The number of aryl methyl sites for hydroxylation is 1. The number of nitrogens with zero attached hydrogens (tertiary/aromatic N) is 1. The Hall–Kier alpha value is -3.35. The summed E-state index contributed by atoms with van der Waals surface area (Å²) >= 11 is 0. The lowest BCUT2D eigenvalue weighted by atomic mass is 10.0. The number of hydrogen-bond donors (Lipinski definition) is 2. The molecule has 7 nitrogen and oxygen atoms in total. The van der Waals surface area contributed by atoms with Crippen LogP contribution < -0.4 is 15.0 Å². The topological polar surface area (TPSA) is 95.9 Å². The highest BCUT2D eigenvalue weighted by molar-refractivity contribution is 6.09. The molecule has 29 heavy (non-hydrogen) atoms. The van der Waals surface area contributed by atoms with Gasteiger partial charge in [0.1, 0.15) is 11.8 Å². The van der Waals surface area contributed by atoms with Gasteiger partial charge in [0.25, 0.3) is 5.91 Å². The Morgan fingerprint density at radius 3 is 2.41 bits per heavy atom. The van der Waals surface area contributed by atoms with Crippen LogP contribution >= 0.6 is 0 Å². The zero-order valence-electron chi connectivity index (χ0n) is 16.9. The molecule has 0 bridgehead atoms. The molecule has 1 aliphatic rings. The molecule has 2 aromatic rings. The molecule has 0 aromatic heterocycles. The number of hydrogen-bond acceptors (Lipinski definition) is 4. The molecule has 152 valence electrons. The van der Waals surface area contributed by atoms with Crippen molar-refractivity contribution < 1.29 is 24.2 Å². The third kappa shape index (κ3) is 3.94.